The second-order valence-electron chi connectivity index (χ2n) is 6.16. The molecule has 0 amide bonds. The summed E-state index contributed by atoms with van der Waals surface area (Å²) in [6, 6.07) is 3.55. The van der Waals surface area contributed by atoms with Crippen LogP contribution in [0.25, 0.3) is 11.2 Å². The van der Waals surface area contributed by atoms with E-state index in [0.717, 1.165) is 0 Å². The Hall–Kier alpha value is -2.29. The molecule has 2 aromatic heterocycles. The van der Waals surface area contributed by atoms with E-state index in [1.54, 1.807) is 24.5 Å². The first-order chi connectivity index (χ1) is 10.9. The Bertz CT molecular complexity index is 916. The number of carbonyl (C=O) groups is 1. The highest BCUT2D eigenvalue weighted by Gasteiger charge is 2.60. The molecule has 9 heteroatoms. The van der Waals surface area contributed by atoms with Gasteiger partial charge in [0.2, 0.25) is 0 Å². The molecule has 1 N–H and O–H groups in total. The molecule has 120 valence electrons. The summed E-state index contributed by atoms with van der Waals surface area (Å²) < 4.78 is 23.7. The standard InChI is InChI=1S/C14H14N4O4S/c19-13(20)14-7-18(5-9(14)6-23(21,22)8-14)11-2-1-10-12(17-11)16-4-3-15-10/h1-4,9H,5-8H2,(H,19,20)/t9-,14-/m0/s1. The van der Waals surface area contributed by atoms with Gasteiger partial charge in [0, 0.05) is 31.4 Å². The van der Waals surface area contributed by atoms with Crippen molar-refractivity contribution in [1.29, 1.82) is 0 Å². The van der Waals surface area contributed by atoms with Crippen LogP contribution >= 0.6 is 0 Å². The molecule has 0 aliphatic carbocycles. The van der Waals surface area contributed by atoms with Crippen LogP contribution in [0.5, 0.6) is 0 Å². The third kappa shape index (κ3) is 2.14. The largest absolute Gasteiger partial charge is 0.481 e. The van der Waals surface area contributed by atoms with Gasteiger partial charge in [-0.15, -0.1) is 0 Å². The van der Waals surface area contributed by atoms with Crippen LogP contribution in [0.4, 0.5) is 5.82 Å². The number of carboxylic acids is 1. The van der Waals surface area contributed by atoms with E-state index in [0.29, 0.717) is 23.5 Å². The molecule has 2 aliphatic heterocycles. The second-order valence-corrected chi connectivity index (χ2v) is 8.27. The van der Waals surface area contributed by atoms with Gasteiger partial charge in [0.15, 0.2) is 15.5 Å². The zero-order chi connectivity index (χ0) is 16.2. The van der Waals surface area contributed by atoms with E-state index in [1.807, 2.05) is 4.90 Å². The van der Waals surface area contributed by atoms with Crippen LogP contribution in [-0.4, -0.2) is 59.0 Å². The number of pyridine rings is 1. The number of aliphatic carboxylic acids is 1. The van der Waals surface area contributed by atoms with Gasteiger partial charge in [-0.2, -0.15) is 0 Å². The number of hydrogen-bond acceptors (Lipinski definition) is 7. The van der Waals surface area contributed by atoms with Crippen LogP contribution in [0.3, 0.4) is 0 Å². The lowest BCUT2D eigenvalue weighted by Crippen LogP contribution is -2.39. The molecule has 0 saturated carbocycles. The van der Waals surface area contributed by atoms with E-state index < -0.39 is 27.1 Å². The fourth-order valence-electron chi connectivity index (χ4n) is 3.61. The Morgan fingerprint density at radius 2 is 2.09 bits per heavy atom. The van der Waals surface area contributed by atoms with E-state index in [2.05, 4.69) is 15.0 Å². The zero-order valence-corrected chi connectivity index (χ0v) is 12.9. The summed E-state index contributed by atoms with van der Waals surface area (Å²) in [4.78, 5) is 26.3. The van der Waals surface area contributed by atoms with Crippen molar-refractivity contribution in [3.05, 3.63) is 24.5 Å². The molecule has 8 nitrogen and oxygen atoms in total. The molecule has 2 fully saturated rings. The first-order valence-corrected chi connectivity index (χ1v) is 8.98. The normalized spacial score (nSPS) is 28.9. The molecule has 2 atom stereocenters. The molecule has 0 radical (unpaired) electrons. The molecule has 4 rings (SSSR count). The summed E-state index contributed by atoms with van der Waals surface area (Å²) in [6.45, 7) is 0.509. The van der Waals surface area contributed by atoms with Crippen LogP contribution in [0.1, 0.15) is 0 Å². The predicted octanol–water partition coefficient (Wildman–Crippen LogP) is -0.0396. The monoisotopic (exact) mass is 334 g/mol. The number of rotatable bonds is 2. The fourth-order valence-corrected chi connectivity index (χ4v) is 6.00. The highest BCUT2D eigenvalue weighted by molar-refractivity contribution is 7.91. The summed E-state index contributed by atoms with van der Waals surface area (Å²) in [7, 11) is -3.30. The van der Waals surface area contributed by atoms with Crippen molar-refractivity contribution < 1.29 is 18.3 Å². The fraction of sp³-hybridized carbons (Fsp3) is 0.429. The van der Waals surface area contributed by atoms with E-state index >= 15 is 0 Å². The summed E-state index contributed by atoms with van der Waals surface area (Å²) in [5, 5.41) is 9.61. The Labute approximate surface area is 132 Å². The van der Waals surface area contributed by atoms with Crippen molar-refractivity contribution in [3.8, 4) is 0 Å². The maximum Gasteiger partial charge on any atom is 0.312 e. The minimum absolute atomic E-state index is 0.0802. The van der Waals surface area contributed by atoms with Crippen molar-refractivity contribution in [2.75, 3.05) is 29.5 Å². The van der Waals surface area contributed by atoms with Crippen molar-refractivity contribution in [3.63, 3.8) is 0 Å². The van der Waals surface area contributed by atoms with Gasteiger partial charge in [0.05, 0.1) is 11.5 Å². The maximum atomic E-state index is 11.9. The van der Waals surface area contributed by atoms with Crippen LogP contribution in [0, 0.1) is 11.3 Å². The third-order valence-electron chi connectivity index (χ3n) is 4.69. The number of hydrogen-bond donors (Lipinski definition) is 1. The number of anilines is 1. The number of nitrogens with zero attached hydrogens (tertiary/aromatic N) is 4. The van der Waals surface area contributed by atoms with Gasteiger partial charge in [-0.3, -0.25) is 9.78 Å². The van der Waals surface area contributed by atoms with E-state index in [-0.39, 0.29) is 18.1 Å². The topological polar surface area (TPSA) is 113 Å². The molecule has 2 aromatic rings. The lowest BCUT2D eigenvalue weighted by Gasteiger charge is -2.22. The minimum atomic E-state index is -3.30. The SMILES string of the molecule is O=C(O)[C@]12CN(c3ccc4nccnc4n3)C[C@H]1CS(=O)(=O)C2. The smallest absolute Gasteiger partial charge is 0.312 e. The zero-order valence-electron chi connectivity index (χ0n) is 12.1. The maximum absolute atomic E-state index is 11.9. The Balaban J connectivity index is 1.71. The van der Waals surface area contributed by atoms with Gasteiger partial charge in [0.25, 0.3) is 0 Å². The molecule has 2 saturated heterocycles. The average Bonchev–Trinajstić information content (AvgIpc) is 2.97. The van der Waals surface area contributed by atoms with Gasteiger partial charge >= 0.3 is 5.97 Å². The lowest BCUT2D eigenvalue weighted by atomic mass is 9.81. The number of fused-ring (bicyclic) bond motifs is 2. The summed E-state index contributed by atoms with van der Waals surface area (Å²) in [5.74, 6) is -1.24. The van der Waals surface area contributed by atoms with Gasteiger partial charge < -0.3 is 10.0 Å². The predicted molar refractivity (Wildman–Crippen MR) is 81.8 cm³/mol. The average molecular weight is 334 g/mol. The van der Waals surface area contributed by atoms with Crippen molar-refractivity contribution in [2.24, 2.45) is 11.3 Å². The van der Waals surface area contributed by atoms with Gasteiger partial charge in [0.1, 0.15) is 16.7 Å². The highest BCUT2D eigenvalue weighted by atomic mass is 32.2. The molecular weight excluding hydrogens is 320 g/mol. The highest BCUT2D eigenvalue weighted by Crippen LogP contribution is 2.45. The molecular formula is C14H14N4O4S. The summed E-state index contributed by atoms with van der Waals surface area (Å²) >= 11 is 0. The second kappa shape index (κ2) is 4.60. The van der Waals surface area contributed by atoms with Crippen LogP contribution in [-0.2, 0) is 14.6 Å². The quantitative estimate of drug-likeness (QED) is 0.814. The third-order valence-corrected chi connectivity index (χ3v) is 6.56. The van der Waals surface area contributed by atoms with E-state index in [1.165, 1.54) is 0 Å². The molecule has 0 spiro atoms. The van der Waals surface area contributed by atoms with Crippen LogP contribution in [0.2, 0.25) is 0 Å². The summed E-state index contributed by atoms with van der Waals surface area (Å²) in [5.41, 5.74) is -0.0945. The minimum Gasteiger partial charge on any atom is -0.481 e. The Kier molecular flexibility index (Phi) is 2.87. The molecule has 0 unspecified atom stereocenters. The van der Waals surface area contributed by atoms with Crippen LogP contribution < -0.4 is 4.90 Å². The number of sulfone groups is 1. The van der Waals surface area contributed by atoms with Gasteiger partial charge in [-0.25, -0.2) is 18.4 Å². The summed E-state index contributed by atoms with van der Waals surface area (Å²) in [6.07, 6.45) is 3.12. The van der Waals surface area contributed by atoms with Crippen LogP contribution in [0.15, 0.2) is 24.5 Å². The van der Waals surface area contributed by atoms with Gasteiger partial charge in [-0.05, 0) is 12.1 Å². The van der Waals surface area contributed by atoms with Crippen molar-refractivity contribution >= 4 is 32.8 Å². The molecule has 2 aliphatic rings. The van der Waals surface area contributed by atoms with E-state index in [4.69, 9.17) is 0 Å². The Morgan fingerprint density at radius 3 is 2.83 bits per heavy atom. The molecule has 0 bridgehead atoms. The molecule has 23 heavy (non-hydrogen) atoms. The first-order valence-electron chi connectivity index (χ1n) is 7.16. The molecule has 0 aromatic carbocycles. The first kappa shape index (κ1) is 14.3. The van der Waals surface area contributed by atoms with Crippen molar-refractivity contribution in [1.82, 2.24) is 15.0 Å². The van der Waals surface area contributed by atoms with Crippen molar-refractivity contribution in [2.45, 2.75) is 0 Å². The number of carboxylic acid groups (broad SMARTS) is 1. The van der Waals surface area contributed by atoms with Gasteiger partial charge in [-0.1, -0.05) is 0 Å². The lowest BCUT2D eigenvalue weighted by molar-refractivity contribution is -0.147. The Morgan fingerprint density at radius 1 is 1.30 bits per heavy atom. The number of aromatic nitrogens is 3. The molecule has 4 heterocycles. The van der Waals surface area contributed by atoms with E-state index in [9.17, 15) is 18.3 Å².